The van der Waals surface area contributed by atoms with Gasteiger partial charge in [-0.2, -0.15) is 0 Å². The summed E-state index contributed by atoms with van der Waals surface area (Å²) in [4.78, 5) is 70.8. The molecule has 19 atom stereocenters. The maximum Gasteiger partial charge on any atom is 0.308 e. The molecule has 94 heavy (non-hydrogen) atoms. The number of hydrogen-bond donors (Lipinski definition) is 13. The van der Waals surface area contributed by atoms with Crippen molar-refractivity contribution in [1.29, 1.82) is 0 Å². The summed E-state index contributed by atoms with van der Waals surface area (Å²) in [6.07, 6.45) is 5.36. The average molecular weight is 1320 g/mol. The molecule has 3 fully saturated rings. The lowest BCUT2D eigenvalue weighted by Gasteiger charge is -2.46. The van der Waals surface area contributed by atoms with Crippen molar-refractivity contribution in [3.05, 3.63) is 115 Å². The number of likely N-dealkylation sites (tertiary alicyclic amines) is 1. The third-order valence-corrected chi connectivity index (χ3v) is 17.3. The molecule has 13 N–H and O–H groups in total. The van der Waals surface area contributed by atoms with E-state index in [4.69, 9.17) is 18.9 Å². The number of aliphatic hydroxyl groups excluding tert-OH is 9. The number of fused-ring (bicyclic) bond motifs is 2. The lowest BCUT2D eigenvalue weighted by Crippen LogP contribution is -2.65. The van der Waals surface area contributed by atoms with E-state index in [1.165, 1.54) is 0 Å². The number of ether oxygens (including phenoxy) is 4. The Balaban J connectivity index is 1.38. The summed E-state index contributed by atoms with van der Waals surface area (Å²) in [5.74, 6) is -7.00. The Morgan fingerprint density at radius 2 is 1.31 bits per heavy atom. The molecule has 0 radical (unpaired) electrons. The third kappa shape index (κ3) is 28.2. The number of aliphatic hydroxyl groups is 10. The number of piperidine rings is 1. The van der Waals surface area contributed by atoms with Crippen LogP contribution in [0.5, 0.6) is 0 Å². The van der Waals surface area contributed by atoms with Crippen LogP contribution < -0.4 is 16.0 Å². The van der Waals surface area contributed by atoms with Gasteiger partial charge in [-0.15, -0.1) is 0 Å². The van der Waals surface area contributed by atoms with E-state index in [1.54, 1.807) is 117 Å². The van der Waals surface area contributed by atoms with Gasteiger partial charge in [-0.25, -0.2) is 0 Å². The highest BCUT2D eigenvalue weighted by atomic mass is 16.7. The number of rotatable bonds is 17. The molecule has 2 bridgehead atoms. The molecule has 526 valence electrons. The molecule has 0 saturated carbocycles. The molecule has 24 heteroatoms. The Bertz CT molecular complexity index is 2700. The fourth-order valence-electron chi connectivity index (χ4n) is 12.3. The van der Waals surface area contributed by atoms with E-state index in [1.807, 2.05) is 43.8 Å². The number of amides is 2. The summed E-state index contributed by atoms with van der Waals surface area (Å²) in [7, 11) is 5.40. The molecule has 4 aliphatic heterocycles. The molecule has 1 aromatic carbocycles. The van der Waals surface area contributed by atoms with Crippen molar-refractivity contribution in [2.45, 2.75) is 215 Å². The molecule has 2 amide bonds. The van der Waals surface area contributed by atoms with Gasteiger partial charge in [0.1, 0.15) is 24.1 Å². The molecular weight excluding hydrogens is 1210 g/mol. The van der Waals surface area contributed by atoms with Crippen LogP contribution in [0.25, 0.3) is 0 Å². The van der Waals surface area contributed by atoms with Crippen LogP contribution >= 0.6 is 0 Å². The second-order valence-corrected chi connectivity index (χ2v) is 26.0. The largest absolute Gasteiger partial charge is 0.461 e. The Morgan fingerprint density at radius 1 is 0.723 bits per heavy atom. The van der Waals surface area contributed by atoms with Crippen LogP contribution in [-0.4, -0.2) is 242 Å². The van der Waals surface area contributed by atoms with Gasteiger partial charge < -0.3 is 90.9 Å². The molecule has 4 heterocycles. The van der Waals surface area contributed by atoms with Gasteiger partial charge in [0, 0.05) is 75.8 Å². The first-order chi connectivity index (χ1) is 44.7. The first-order valence-electron chi connectivity index (χ1n) is 33.2. The molecule has 5 rings (SSSR count). The lowest BCUT2D eigenvalue weighted by atomic mass is 9.82. The van der Waals surface area contributed by atoms with Gasteiger partial charge in [-0.05, 0) is 109 Å². The number of nitrogens with one attached hydrogen (secondary N) is 3. The van der Waals surface area contributed by atoms with Gasteiger partial charge in [0.15, 0.2) is 17.9 Å². The zero-order chi connectivity index (χ0) is 68.9. The predicted molar refractivity (Wildman–Crippen MR) is 353 cm³/mol. The monoisotopic (exact) mass is 1320 g/mol. The van der Waals surface area contributed by atoms with Gasteiger partial charge in [-0.3, -0.25) is 28.9 Å². The van der Waals surface area contributed by atoms with Crippen LogP contribution in [-0.2, 0) is 38.1 Å². The minimum Gasteiger partial charge on any atom is -0.461 e. The Kier molecular flexibility index (Phi) is 34.3. The standard InChI is InChI=1S/C70H107N5O19/c1-45-22-18-15-13-11-9-7-8-10-12-14-16-19-23-57(92-69-66(88)64(65(87)47(3)91-69)73-61(85)44-75-31-20-17-21-32-75)41-60-63(68(89)72-30-33-74(5)6)59(84)43-70(90,94-60)42-56(82)38-54(80)36-52(78)34-51(77)35-53(79)37-55(81)40-62(86)93-67(45)46(2)24-29-50(76)39-58(83)48-25-27-49(71-4)28-26-48/h7-16,18-19,22-23,25-28,45-47,50-52,54-57,59-60,63-67,69,71,76-78,80-82,84,87-88,90H,17,20-21,24,29-44H2,1-6H3,(H,72,89)(H,73,85)/b8-7+,11-9+,12-10+,15-13+,16-14+,22-18+,23-19+/t45?,46?,47-,50?,51?,52?,54?,55?,56?,57?,59?,60?,63?,64+,65-,66+,67?,69+,70?/m1/s1. The second-order valence-electron chi connectivity index (χ2n) is 26.0. The molecule has 3 saturated heterocycles. The summed E-state index contributed by atoms with van der Waals surface area (Å²) in [5, 5.41) is 122. The highest BCUT2D eigenvalue weighted by Crippen LogP contribution is 2.38. The fraction of sp³-hybridized carbons (Fsp3) is 0.643. The number of nitrogens with zero attached hydrogens (tertiary/aromatic N) is 2. The van der Waals surface area contributed by atoms with E-state index >= 15 is 0 Å². The number of carbonyl (C=O) groups is 5. The molecule has 0 aliphatic carbocycles. The maximum atomic E-state index is 14.1. The third-order valence-electron chi connectivity index (χ3n) is 17.3. The molecule has 24 nitrogen and oxygen atoms in total. The number of likely N-dealkylation sites (N-methyl/N-ethyl adjacent to an activating group) is 1. The number of Topliss-reactive ketones (excluding diaryl/α,β-unsaturated/α-hetero) is 2. The van der Waals surface area contributed by atoms with Crippen LogP contribution in [0, 0.1) is 17.8 Å². The van der Waals surface area contributed by atoms with Crippen molar-refractivity contribution in [2.75, 3.05) is 59.2 Å². The number of esters is 1. The molecule has 14 unspecified atom stereocenters. The van der Waals surface area contributed by atoms with E-state index in [-0.39, 0.29) is 56.4 Å². The van der Waals surface area contributed by atoms with Crippen LogP contribution in [0.15, 0.2) is 109 Å². The summed E-state index contributed by atoms with van der Waals surface area (Å²) in [6.45, 7) is 7.43. The molecule has 0 spiro atoms. The summed E-state index contributed by atoms with van der Waals surface area (Å²) in [5.41, 5.74) is 1.30. The van der Waals surface area contributed by atoms with E-state index < -0.39 is 172 Å². The van der Waals surface area contributed by atoms with Crippen molar-refractivity contribution >= 4 is 35.0 Å². The van der Waals surface area contributed by atoms with E-state index in [0.717, 1.165) is 38.0 Å². The molecular formula is C70H107N5O19. The van der Waals surface area contributed by atoms with Crippen molar-refractivity contribution in [3.63, 3.8) is 0 Å². The average Bonchev–Trinajstić information content (AvgIpc) is 0.808. The summed E-state index contributed by atoms with van der Waals surface area (Å²) in [6, 6.07) is 5.70. The zero-order valence-electron chi connectivity index (χ0n) is 55.5. The van der Waals surface area contributed by atoms with Gasteiger partial charge in [0.05, 0.1) is 86.0 Å². The smallest absolute Gasteiger partial charge is 0.308 e. The highest BCUT2D eigenvalue weighted by molar-refractivity contribution is 5.96. The minimum absolute atomic E-state index is 0.0598. The van der Waals surface area contributed by atoms with Gasteiger partial charge in [-0.1, -0.05) is 105 Å². The second kappa shape index (κ2) is 40.8. The predicted octanol–water partition coefficient (Wildman–Crippen LogP) is 2.98. The van der Waals surface area contributed by atoms with Gasteiger partial charge >= 0.3 is 5.97 Å². The quantitative estimate of drug-likeness (QED) is 0.0787. The SMILES string of the molecule is CNc1ccc(C(=O)CC(O)CCC(C)C2OC(=O)CC(O)CC(=O)CC(O)CC(O)CC(O)CC(O)CC3(O)CC(O)C(C(=O)NCCN(C)C)C(CC(O[C@@H]4O[C@H](C)[C@@H](O)[C@H](NC(=O)CN5CCCCC5)[C@@H]4O)/C=C/C=C/C=C/C=C/C=C/C=C/C=C/C2C)O3)cc1. The first kappa shape index (κ1) is 79.0. The maximum absolute atomic E-state index is 14.1. The topological polar surface area (TPSA) is 367 Å². The van der Waals surface area contributed by atoms with Gasteiger partial charge in [0.25, 0.3) is 0 Å². The van der Waals surface area contributed by atoms with Crippen molar-refractivity contribution in [3.8, 4) is 0 Å². The van der Waals surface area contributed by atoms with Crippen molar-refractivity contribution in [1.82, 2.24) is 20.4 Å². The molecule has 1 aromatic rings. The van der Waals surface area contributed by atoms with Gasteiger partial charge in [0.2, 0.25) is 11.8 Å². The number of hydrogen-bond acceptors (Lipinski definition) is 22. The van der Waals surface area contributed by atoms with Crippen LogP contribution in [0.1, 0.15) is 127 Å². The molecule has 4 aliphatic rings. The normalized spacial score (nSPS) is 35.3. The van der Waals surface area contributed by atoms with Crippen LogP contribution in [0.2, 0.25) is 0 Å². The Labute approximate surface area is 553 Å². The first-order valence-corrected chi connectivity index (χ1v) is 33.2. The summed E-state index contributed by atoms with van der Waals surface area (Å²) < 4.78 is 24.8. The van der Waals surface area contributed by atoms with E-state index in [9.17, 15) is 75.0 Å². The lowest BCUT2D eigenvalue weighted by molar-refractivity contribution is -0.307. The Hall–Kier alpha value is -5.65. The van der Waals surface area contributed by atoms with Crippen LogP contribution in [0.3, 0.4) is 0 Å². The van der Waals surface area contributed by atoms with Crippen LogP contribution in [0.4, 0.5) is 5.69 Å². The highest BCUT2D eigenvalue weighted by Gasteiger charge is 2.51. The van der Waals surface area contributed by atoms with E-state index in [0.29, 0.717) is 18.5 Å². The van der Waals surface area contributed by atoms with E-state index in [2.05, 4.69) is 16.0 Å². The van der Waals surface area contributed by atoms with Crippen molar-refractivity contribution in [2.24, 2.45) is 17.8 Å². The van der Waals surface area contributed by atoms with Crippen molar-refractivity contribution < 1.29 is 94.0 Å². The number of carbonyl (C=O) groups excluding carboxylic acids is 5. The summed E-state index contributed by atoms with van der Waals surface area (Å²) >= 11 is 0. The zero-order valence-corrected chi connectivity index (χ0v) is 55.5. The number of benzene rings is 1. The molecule has 0 aromatic heterocycles. The Morgan fingerprint density at radius 3 is 1.93 bits per heavy atom. The minimum atomic E-state index is -2.32. The fourth-order valence-corrected chi connectivity index (χ4v) is 12.3. The number of anilines is 1. The number of allylic oxidation sites excluding steroid dienone is 12. The number of cyclic esters (lactones) is 1. The number of ketones is 2.